The molecule has 2 N–H and O–H groups in total. The number of nitrogens with one attached hydrogen (secondary N) is 2. The van der Waals surface area contributed by atoms with Crippen molar-refractivity contribution >= 4 is 11.8 Å². The first-order valence-corrected chi connectivity index (χ1v) is 9.75. The minimum atomic E-state index is -0.185. The number of hydrogen-bond acceptors (Lipinski definition) is 5. The molecule has 1 fully saturated rings. The second-order valence-electron chi connectivity index (χ2n) is 7.12. The van der Waals surface area contributed by atoms with Gasteiger partial charge in [0.2, 0.25) is 0 Å². The predicted octanol–water partition coefficient (Wildman–Crippen LogP) is 1.66. The van der Waals surface area contributed by atoms with Crippen molar-refractivity contribution in [1.29, 1.82) is 0 Å². The first kappa shape index (κ1) is 18.3. The Bertz CT molecular complexity index is 905. The number of ether oxygens (including phenoxy) is 1. The Labute approximate surface area is 163 Å². The van der Waals surface area contributed by atoms with Crippen molar-refractivity contribution in [3.8, 4) is 5.75 Å². The summed E-state index contributed by atoms with van der Waals surface area (Å²) < 4.78 is 7.26. The quantitative estimate of drug-likeness (QED) is 0.838. The number of fused-ring (bicyclic) bond motifs is 1. The van der Waals surface area contributed by atoms with Gasteiger partial charge in [-0.25, -0.2) is 9.78 Å². The number of para-hydroxylation sites is 1. The van der Waals surface area contributed by atoms with Crippen LogP contribution in [0.15, 0.2) is 41.5 Å². The monoisotopic (exact) mass is 383 g/mol. The van der Waals surface area contributed by atoms with Gasteiger partial charge in [-0.2, -0.15) is 0 Å². The van der Waals surface area contributed by atoms with Crippen molar-refractivity contribution in [3.05, 3.63) is 52.6 Å². The van der Waals surface area contributed by atoms with Crippen molar-refractivity contribution in [2.45, 2.75) is 38.4 Å². The number of rotatable bonds is 4. The number of urea groups is 1. The lowest BCUT2D eigenvalue weighted by atomic mass is 10.1. The SMILES string of the molecule is CCn1ccnc(N2CCC(NC(=O)N[C@H]3COc4ccccc43)CC2)c1=O. The van der Waals surface area contributed by atoms with Gasteiger partial charge in [0.25, 0.3) is 5.56 Å². The lowest BCUT2D eigenvalue weighted by Crippen LogP contribution is -2.49. The van der Waals surface area contributed by atoms with Gasteiger partial charge in [-0.05, 0) is 25.8 Å². The molecule has 1 atom stereocenters. The molecule has 2 aromatic rings. The van der Waals surface area contributed by atoms with Crippen LogP contribution < -0.4 is 25.8 Å². The largest absolute Gasteiger partial charge is 0.491 e. The van der Waals surface area contributed by atoms with Gasteiger partial charge in [0, 0.05) is 43.6 Å². The van der Waals surface area contributed by atoms with E-state index < -0.39 is 0 Å². The second kappa shape index (κ2) is 7.92. The fourth-order valence-corrected chi connectivity index (χ4v) is 3.80. The molecule has 0 saturated carbocycles. The Morgan fingerprint density at radius 2 is 2.04 bits per heavy atom. The summed E-state index contributed by atoms with van der Waals surface area (Å²) in [5, 5.41) is 6.04. The van der Waals surface area contributed by atoms with Crippen LogP contribution in [0, 0.1) is 0 Å². The van der Waals surface area contributed by atoms with Gasteiger partial charge in [-0.3, -0.25) is 4.79 Å². The van der Waals surface area contributed by atoms with Gasteiger partial charge >= 0.3 is 6.03 Å². The highest BCUT2D eigenvalue weighted by molar-refractivity contribution is 5.75. The molecule has 0 radical (unpaired) electrons. The molecule has 8 nitrogen and oxygen atoms in total. The Morgan fingerprint density at radius 1 is 1.25 bits per heavy atom. The normalized spacial score (nSPS) is 19.0. The van der Waals surface area contributed by atoms with E-state index in [0.717, 1.165) is 24.2 Å². The number of aromatic nitrogens is 2. The zero-order valence-corrected chi connectivity index (χ0v) is 15.9. The maximum Gasteiger partial charge on any atom is 0.315 e. The van der Waals surface area contributed by atoms with Gasteiger partial charge in [0.1, 0.15) is 12.4 Å². The maximum atomic E-state index is 12.4. The Kier molecular flexibility index (Phi) is 5.18. The van der Waals surface area contributed by atoms with E-state index in [1.165, 1.54) is 0 Å². The molecule has 0 unspecified atom stereocenters. The molecular formula is C20H25N5O3. The van der Waals surface area contributed by atoms with Crippen LogP contribution >= 0.6 is 0 Å². The topological polar surface area (TPSA) is 88.5 Å². The standard InChI is InChI=1S/C20H25N5O3/c1-2-24-12-9-21-18(19(24)26)25-10-7-14(8-11-25)22-20(27)23-16-13-28-17-6-4-3-5-15(16)17/h3-6,9,12,14,16H,2,7-8,10-11,13H2,1H3,(H2,22,23,27)/t16-/m0/s1. The molecule has 2 amide bonds. The Hall–Kier alpha value is -3.03. The molecule has 1 aromatic heterocycles. The summed E-state index contributed by atoms with van der Waals surface area (Å²) in [5.74, 6) is 1.32. The molecule has 28 heavy (non-hydrogen) atoms. The summed E-state index contributed by atoms with van der Waals surface area (Å²) in [4.78, 5) is 31.1. The number of benzene rings is 1. The van der Waals surface area contributed by atoms with E-state index in [-0.39, 0.29) is 23.7 Å². The van der Waals surface area contributed by atoms with E-state index in [1.807, 2.05) is 36.1 Å². The first-order chi connectivity index (χ1) is 13.7. The number of piperidine rings is 1. The average molecular weight is 383 g/mol. The smallest absolute Gasteiger partial charge is 0.315 e. The highest BCUT2D eigenvalue weighted by atomic mass is 16.5. The van der Waals surface area contributed by atoms with Gasteiger partial charge in [-0.15, -0.1) is 0 Å². The number of amides is 2. The molecule has 2 aliphatic heterocycles. The molecule has 4 rings (SSSR count). The molecule has 0 bridgehead atoms. The van der Waals surface area contributed by atoms with E-state index in [4.69, 9.17) is 4.74 Å². The third kappa shape index (κ3) is 3.67. The Morgan fingerprint density at radius 3 is 2.82 bits per heavy atom. The van der Waals surface area contributed by atoms with Crippen molar-refractivity contribution in [2.75, 3.05) is 24.6 Å². The number of nitrogens with zero attached hydrogens (tertiary/aromatic N) is 3. The second-order valence-corrected chi connectivity index (χ2v) is 7.12. The highest BCUT2D eigenvalue weighted by Crippen LogP contribution is 2.31. The summed E-state index contributed by atoms with van der Waals surface area (Å²) in [6.45, 7) is 4.40. The van der Waals surface area contributed by atoms with Crippen LogP contribution in [0.25, 0.3) is 0 Å². The zero-order chi connectivity index (χ0) is 19.5. The van der Waals surface area contributed by atoms with Crippen molar-refractivity contribution in [3.63, 3.8) is 0 Å². The molecule has 1 aromatic carbocycles. The van der Waals surface area contributed by atoms with Gasteiger partial charge in [-0.1, -0.05) is 18.2 Å². The maximum absolute atomic E-state index is 12.4. The Balaban J connectivity index is 1.30. The fourth-order valence-electron chi connectivity index (χ4n) is 3.80. The summed E-state index contributed by atoms with van der Waals surface area (Å²) in [6, 6.07) is 7.51. The van der Waals surface area contributed by atoms with Crippen LogP contribution in [0.1, 0.15) is 31.4 Å². The van der Waals surface area contributed by atoms with Crippen LogP contribution in [0.3, 0.4) is 0 Å². The van der Waals surface area contributed by atoms with E-state index in [0.29, 0.717) is 32.1 Å². The molecule has 2 aliphatic rings. The van der Waals surface area contributed by atoms with E-state index in [9.17, 15) is 9.59 Å². The number of anilines is 1. The van der Waals surface area contributed by atoms with Crippen molar-refractivity contribution in [2.24, 2.45) is 0 Å². The van der Waals surface area contributed by atoms with E-state index in [2.05, 4.69) is 15.6 Å². The van der Waals surface area contributed by atoms with Gasteiger partial charge in [0.15, 0.2) is 5.82 Å². The highest BCUT2D eigenvalue weighted by Gasteiger charge is 2.27. The fraction of sp³-hybridized carbons (Fsp3) is 0.450. The number of hydrogen-bond donors (Lipinski definition) is 2. The van der Waals surface area contributed by atoms with Gasteiger partial charge in [0.05, 0.1) is 6.04 Å². The summed E-state index contributed by atoms with van der Waals surface area (Å²) in [7, 11) is 0. The molecule has 0 aliphatic carbocycles. The summed E-state index contributed by atoms with van der Waals surface area (Å²) in [5.41, 5.74) is 0.948. The van der Waals surface area contributed by atoms with Crippen LogP contribution in [0.4, 0.5) is 10.6 Å². The minimum Gasteiger partial charge on any atom is -0.491 e. The van der Waals surface area contributed by atoms with Crippen molar-refractivity contribution in [1.82, 2.24) is 20.2 Å². The number of aryl methyl sites for hydroxylation is 1. The van der Waals surface area contributed by atoms with Crippen LogP contribution in [0.2, 0.25) is 0 Å². The van der Waals surface area contributed by atoms with Crippen LogP contribution in [-0.2, 0) is 6.54 Å². The lowest BCUT2D eigenvalue weighted by Gasteiger charge is -2.33. The number of carbonyl (C=O) groups excluding carboxylic acids is 1. The van der Waals surface area contributed by atoms with E-state index in [1.54, 1.807) is 17.0 Å². The molecule has 148 valence electrons. The third-order valence-corrected chi connectivity index (χ3v) is 5.37. The third-order valence-electron chi connectivity index (χ3n) is 5.37. The van der Waals surface area contributed by atoms with E-state index >= 15 is 0 Å². The molecule has 8 heteroatoms. The molecule has 1 saturated heterocycles. The minimum absolute atomic E-state index is 0.0611. The molecule has 0 spiro atoms. The lowest BCUT2D eigenvalue weighted by molar-refractivity contribution is 0.226. The number of carbonyl (C=O) groups is 1. The van der Waals surface area contributed by atoms with Crippen LogP contribution in [-0.4, -0.2) is 41.3 Å². The predicted molar refractivity (Wildman–Crippen MR) is 106 cm³/mol. The van der Waals surface area contributed by atoms with Crippen molar-refractivity contribution < 1.29 is 9.53 Å². The summed E-state index contributed by atoms with van der Waals surface area (Å²) in [6.07, 6.45) is 4.91. The first-order valence-electron chi connectivity index (χ1n) is 9.75. The molecular weight excluding hydrogens is 358 g/mol. The van der Waals surface area contributed by atoms with Gasteiger partial charge < -0.3 is 24.8 Å². The zero-order valence-electron chi connectivity index (χ0n) is 15.9. The summed E-state index contributed by atoms with van der Waals surface area (Å²) >= 11 is 0. The average Bonchev–Trinajstić information content (AvgIpc) is 3.12. The molecule has 3 heterocycles. The van der Waals surface area contributed by atoms with Crippen LogP contribution in [0.5, 0.6) is 5.75 Å².